The van der Waals surface area contributed by atoms with Crippen LogP contribution in [0.15, 0.2) is 64.1 Å². The maximum absolute atomic E-state index is 12.9. The summed E-state index contributed by atoms with van der Waals surface area (Å²) in [5, 5.41) is 0. The van der Waals surface area contributed by atoms with Crippen molar-refractivity contribution in [2.24, 2.45) is 0 Å². The van der Waals surface area contributed by atoms with Crippen molar-refractivity contribution in [1.29, 1.82) is 0 Å². The minimum absolute atomic E-state index is 0.0874. The van der Waals surface area contributed by atoms with Crippen molar-refractivity contribution in [3.63, 3.8) is 0 Å². The fourth-order valence-corrected chi connectivity index (χ4v) is 3.89. The molecule has 0 fully saturated rings. The molecule has 28 heavy (non-hydrogen) atoms. The molecular formula is C20H17NO6S. The minimum atomic E-state index is -3.91. The van der Waals surface area contributed by atoms with Crippen molar-refractivity contribution < 1.29 is 27.1 Å². The van der Waals surface area contributed by atoms with Crippen LogP contribution >= 0.6 is 0 Å². The van der Waals surface area contributed by atoms with E-state index < -0.39 is 15.8 Å². The van der Waals surface area contributed by atoms with E-state index >= 15 is 0 Å². The van der Waals surface area contributed by atoms with Gasteiger partial charge < -0.3 is 13.9 Å². The van der Waals surface area contributed by atoms with Gasteiger partial charge >= 0.3 is 0 Å². The first-order valence-corrected chi connectivity index (χ1v) is 10.0. The fourth-order valence-electron chi connectivity index (χ4n) is 2.82. The first-order chi connectivity index (χ1) is 13.4. The number of hydrogen-bond acceptors (Lipinski definition) is 6. The average Bonchev–Trinajstić information content (AvgIpc) is 3.22. The second-order valence-electron chi connectivity index (χ2n) is 6.27. The van der Waals surface area contributed by atoms with Gasteiger partial charge in [0.15, 0.2) is 17.3 Å². The Morgan fingerprint density at radius 3 is 2.32 bits per heavy atom. The molecule has 0 bridgehead atoms. The van der Waals surface area contributed by atoms with E-state index in [0.29, 0.717) is 24.7 Å². The summed E-state index contributed by atoms with van der Waals surface area (Å²) < 4.78 is 44.4. The van der Waals surface area contributed by atoms with Crippen LogP contribution in [0.3, 0.4) is 0 Å². The maximum atomic E-state index is 12.9. The number of nitrogens with one attached hydrogen (secondary N) is 1. The maximum Gasteiger partial charge on any atom is 0.261 e. The van der Waals surface area contributed by atoms with E-state index in [4.69, 9.17) is 13.9 Å². The van der Waals surface area contributed by atoms with Crippen LogP contribution in [0.1, 0.15) is 21.7 Å². The van der Waals surface area contributed by atoms with Crippen molar-refractivity contribution >= 4 is 21.5 Å². The lowest BCUT2D eigenvalue weighted by atomic mass is 10.1. The molecule has 1 aliphatic rings. The van der Waals surface area contributed by atoms with Gasteiger partial charge in [-0.2, -0.15) is 0 Å². The summed E-state index contributed by atoms with van der Waals surface area (Å²) in [6, 6.07) is 12.4. The van der Waals surface area contributed by atoms with Crippen LogP contribution in [0, 0.1) is 6.92 Å². The predicted octanol–water partition coefficient (Wildman–Crippen LogP) is 3.39. The highest BCUT2D eigenvalue weighted by molar-refractivity contribution is 7.92. The molecule has 0 atom stereocenters. The molecule has 3 aromatic rings. The standard InChI is InChI=1S/C20H17NO6S/c1-13-4-6-14(7-5-13)28(23,24)21-16-12-19-18(26-9-10-27-19)11-15(16)20(22)17-3-2-8-25-17/h2-8,11-12,21H,9-10H2,1H3. The Bertz CT molecular complexity index is 1120. The Hall–Kier alpha value is -3.26. The van der Waals surface area contributed by atoms with Gasteiger partial charge in [0, 0.05) is 6.07 Å². The Labute approximate surface area is 161 Å². The molecule has 0 saturated heterocycles. The molecule has 1 N–H and O–H groups in total. The number of carbonyl (C=O) groups excluding carboxylic acids is 1. The van der Waals surface area contributed by atoms with E-state index in [2.05, 4.69) is 4.72 Å². The molecule has 1 aliphatic heterocycles. The Balaban J connectivity index is 1.78. The number of ether oxygens (including phenoxy) is 2. The summed E-state index contributed by atoms with van der Waals surface area (Å²) in [7, 11) is -3.91. The lowest BCUT2D eigenvalue weighted by Crippen LogP contribution is -2.19. The molecular weight excluding hydrogens is 382 g/mol. The highest BCUT2D eigenvalue weighted by Crippen LogP contribution is 2.37. The molecule has 8 heteroatoms. The molecule has 0 spiro atoms. The third-order valence-electron chi connectivity index (χ3n) is 4.25. The normalized spacial score (nSPS) is 13.2. The zero-order valence-electron chi connectivity index (χ0n) is 15.0. The number of anilines is 1. The largest absolute Gasteiger partial charge is 0.486 e. The molecule has 2 heterocycles. The van der Waals surface area contributed by atoms with E-state index in [9.17, 15) is 13.2 Å². The van der Waals surface area contributed by atoms with Crippen LogP contribution in [0.2, 0.25) is 0 Å². The Morgan fingerprint density at radius 2 is 1.68 bits per heavy atom. The molecule has 144 valence electrons. The van der Waals surface area contributed by atoms with Gasteiger partial charge in [0.05, 0.1) is 22.4 Å². The number of hydrogen-bond donors (Lipinski definition) is 1. The Morgan fingerprint density at radius 1 is 1.00 bits per heavy atom. The number of rotatable bonds is 5. The van der Waals surface area contributed by atoms with Gasteiger partial charge in [-0.15, -0.1) is 0 Å². The fraction of sp³-hybridized carbons (Fsp3) is 0.150. The average molecular weight is 399 g/mol. The SMILES string of the molecule is Cc1ccc(S(=O)(=O)Nc2cc3c(cc2C(=O)c2ccco2)OCCO3)cc1. The zero-order valence-corrected chi connectivity index (χ0v) is 15.8. The van der Waals surface area contributed by atoms with E-state index in [1.54, 1.807) is 18.2 Å². The third-order valence-corrected chi connectivity index (χ3v) is 5.63. The highest BCUT2D eigenvalue weighted by Gasteiger charge is 2.25. The molecule has 4 rings (SSSR count). The molecule has 0 radical (unpaired) electrons. The van der Waals surface area contributed by atoms with Crippen molar-refractivity contribution in [2.45, 2.75) is 11.8 Å². The number of benzene rings is 2. The third kappa shape index (κ3) is 3.46. The quantitative estimate of drug-likeness (QED) is 0.661. The predicted molar refractivity (Wildman–Crippen MR) is 102 cm³/mol. The smallest absolute Gasteiger partial charge is 0.261 e. The molecule has 0 amide bonds. The molecule has 0 unspecified atom stereocenters. The molecule has 2 aromatic carbocycles. The summed E-state index contributed by atoms with van der Waals surface area (Å²) in [6.45, 7) is 2.54. The highest BCUT2D eigenvalue weighted by atomic mass is 32.2. The van der Waals surface area contributed by atoms with Gasteiger partial charge in [-0.1, -0.05) is 17.7 Å². The van der Waals surface area contributed by atoms with Gasteiger partial charge in [0.2, 0.25) is 5.78 Å². The number of furan rings is 1. The van der Waals surface area contributed by atoms with Crippen LogP contribution in [0.5, 0.6) is 11.5 Å². The number of ketones is 1. The van der Waals surface area contributed by atoms with E-state index in [-0.39, 0.29) is 21.9 Å². The van der Waals surface area contributed by atoms with Crippen LogP contribution in [0.25, 0.3) is 0 Å². The topological polar surface area (TPSA) is 94.8 Å². The van der Waals surface area contributed by atoms with E-state index in [1.165, 1.54) is 36.6 Å². The van der Waals surface area contributed by atoms with Crippen molar-refractivity contribution in [3.05, 3.63) is 71.7 Å². The summed E-state index contributed by atoms with van der Waals surface area (Å²) in [4.78, 5) is 12.9. The number of fused-ring (bicyclic) bond motifs is 1. The second-order valence-corrected chi connectivity index (χ2v) is 7.95. The van der Waals surface area contributed by atoms with Crippen LogP contribution in [-0.4, -0.2) is 27.4 Å². The minimum Gasteiger partial charge on any atom is -0.486 e. The van der Waals surface area contributed by atoms with Gasteiger partial charge in [0.1, 0.15) is 13.2 Å². The summed E-state index contributed by atoms with van der Waals surface area (Å²) >= 11 is 0. The number of sulfonamides is 1. The van der Waals surface area contributed by atoms with Crippen molar-refractivity contribution in [3.8, 4) is 11.5 Å². The first kappa shape index (κ1) is 18.1. The zero-order chi connectivity index (χ0) is 19.7. The molecule has 7 nitrogen and oxygen atoms in total. The van der Waals surface area contributed by atoms with Crippen molar-refractivity contribution in [1.82, 2.24) is 0 Å². The number of carbonyl (C=O) groups is 1. The van der Waals surface area contributed by atoms with E-state index in [1.807, 2.05) is 6.92 Å². The monoisotopic (exact) mass is 399 g/mol. The summed E-state index contributed by atoms with van der Waals surface area (Å²) in [5.41, 5.74) is 1.13. The Kier molecular flexibility index (Phi) is 4.56. The van der Waals surface area contributed by atoms with E-state index in [0.717, 1.165) is 5.56 Å². The lowest BCUT2D eigenvalue weighted by molar-refractivity contribution is 0.101. The molecule has 0 saturated carbocycles. The van der Waals surface area contributed by atoms with Crippen LogP contribution in [-0.2, 0) is 10.0 Å². The lowest BCUT2D eigenvalue weighted by Gasteiger charge is -2.21. The number of aryl methyl sites for hydroxylation is 1. The summed E-state index contributed by atoms with van der Waals surface area (Å²) in [6.07, 6.45) is 1.38. The van der Waals surface area contributed by atoms with Crippen LogP contribution in [0.4, 0.5) is 5.69 Å². The van der Waals surface area contributed by atoms with Gasteiger partial charge in [-0.05, 0) is 37.3 Å². The van der Waals surface area contributed by atoms with Gasteiger partial charge in [0.25, 0.3) is 10.0 Å². The molecule has 0 aliphatic carbocycles. The molecule has 1 aromatic heterocycles. The second kappa shape index (κ2) is 7.05. The van der Waals surface area contributed by atoms with Crippen LogP contribution < -0.4 is 14.2 Å². The van der Waals surface area contributed by atoms with Crippen molar-refractivity contribution in [2.75, 3.05) is 17.9 Å². The summed E-state index contributed by atoms with van der Waals surface area (Å²) in [5.74, 6) is 0.360. The van der Waals surface area contributed by atoms with Gasteiger partial charge in [-0.3, -0.25) is 9.52 Å². The first-order valence-electron chi connectivity index (χ1n) is 8.55. The van der Waals surface area contributed by atoms with Gasteiger partial charge in [-0.25, -0.2) is 8.42 Å².